The molecule has 0 bridgehead atoms. The summed E-state index contributed by atoms with van der Waals surface area (Å²) in [6.07, 6.45) is -0.518. The third-order valence-corrected chi connectivity index (χ3v) is 1.80. The number of benzene rings is 1. The molecule has 7 heteroatoms. The molecule has 0 saturated heterocycles. The minimum Gasteiger partial charge on any atom is -0.459 e. The molecule has 0 aliphatic carbocycles. The number of nitrogens with zero attached hydrogens (tertiary/aromatic N) is 1. The van der Waals surface area contributed by atoms with Gasteiger partial charge in [-0.25, -0.2) is 13.6 Å². The average molecular weight is 245 g/mol. The van der Waals surface area contributed by atoms with E-state index < -0.39 is 39.9 Å². The molecule has 0 N–H and O–H groups in total. The first-order chi connectivity index (χ1) is 7.82. The maximum Gasteiger partial charge on any atom is 0.345 e. The molecule has 17 heavy (non-hydrogen) atoms. The molecule has 1 aromatic carbocycles. The van der Waals surface area contributed by atoms with Crippen molar-refractivity contribution in [2.75, 3.05) is 0 Å². The van der Waals surface area contributed by atoms with Gasteiger partial charge in [-0.05, 0) is 19.9 Å². The zero-order valence-electron chi connectivity index (χ0n) is 9.07. The summed E-state index contributed by atoms with van der Waals surface area (Å²) in [7, 11) is 0. The van der Waals surface area contributed by atoms with Crippen LogP contribution in [0.3, 0.4) is 0 Å². The van der Waals surface area contributed by atoms with Crippen LogP contribution in [0, 0.1) is 21.7 Å². The van der Waals surface area contributed by atoms with Gasteiger partial charge in [0.2, 0.25) is 0 Å². The fourth-order valence-corrected chi connectivity index (χ4v) is 1.13. The molecule has 5 nitrogen and oxygen atoms in total. The zero-order chi connectivity index (χ0) is 13.2. The SMILES string of the molecule is CC(C)OC(=O)c1cc(F)c(F)cc1[N+](=O)[O-]. The quantitative estimate of drug-likeness (QED) is 0.466. The van der Waals surface area contributed by atoms with Crippen molar-refractivity contribution in [2.24, 2.45) is 0 Å². The fraction of sp³-hybridized carbons (Fsp3) is 0.300. The molecule has 92 valence electrons. The molecule has 0 radical (unpaired) electrons. The second kappa shape index (κ2) is 4.86. The highest BCUT2D eigenvalue weighted by Gasteiger charge is 2.25. The van der Waals surface area contributed by atoms with Crippen molar-refractivity contribution < 1.29 is 23.2 Å². The van der Waals surface area contributed by atoms with Crippen LogP contribution in [0.2, 0.25) is 0 Å². The van der Waals surface area contributed by atoms with Crippen LogP contribution in [-0.2, 0) is 4.74 Å². The molecular weight excluding hydrogens is 236 g/mol. The van der Waals surface area contributed by atoms with Gasteiger partial charge in [0, 0.05) is 0 Å². The van der Waals surface area contributed by atoms with E-state index in [1.165, 1.54) is 13.8 Å². The van der Waals surface area contributed by atoms with Gasteiger partial charge in [-0.2, -0.15) is 0 Å². The Morgan fingerprint density at radius 1 is 1.35 bits per heavy atom. The summed E-state index contributed by atoms with van der Waals surface area (Å²) in [5.74, 6) is -3.80. The fourth-order valence-electron chi connectivity index (χ4n) is 1.13. The number of rotatable bonds is 3. The van der Waals surface area contributed by atoms with Crippen LogP contribution in [0.4, 0.5) is 14.5 Å². The van der Waals surface area contributed by atoms with Gasteiger partial charge < -0.3 is 4.74 Å². The lowest BCUT2D eigenvalue weighted by Gasteiger charge is -2.08. The van der Waals surface area contributed by atoms with Crippen molar-refractivity contribution in [3.63, 3.8) is 0 Å². The van der Waals surface area contributed by atoms with E-state index in [-0.39, 0.29) is 0 Å². The first kappa shape index (κ1) is 13.0. The summed E-state index contributed by atoms with van der Waals surface area (Å²) < 4.78 is 30.4. The highest BCUT2D eigenvalue weighted by molar-refractivity contribution is 5.94. The second-order valence-electron chi connectivity index (χ2n) is 3.49. The monoisotopic (exact) mass is 245 g/mol. The number of carbonyl (C=O) groups is 1. The Labute approximate surface area is 95.2 Å². The van der Waals surface area contributed by atoms with E-state index >= 15 is 0 Å². The summed E-state index contributed by atoms with van der Waals surface area (Å²) in [5.41, 5.74) is -1.43. The van der Waals surface area contributed by atoms with Crippen molar-refractivity contribution in [3.05, 3.63) is 39.4 Å². The second-order valence-corrected chi connectivity index (χ2v) is 3.49. The molecule has 0 heterocycles. The Kier molecular flexibility index (Phi) is 3.72. The summed E-state index contributed by atoms with van der Waals surface area (Å²) in [6, 6.07) is 0.810. The predicted octanol–water partition coefficient (Wildman–Crippen LogP) is 2.44. The smallest absolute Gasteiger partial charge is 0.345 e. The van der Waals surface area contributed by atoms with Gasteiger partial charge in [0.25, 0.3) is 5.69 Å². The number of halogens is 2. The standard InChI is InChI=1S/C10H9F2NO4/c1-5(2)17-10(14)6-3-7(11)8(12)4-9(6)13(15)16/h3-5H,1-2H3. The van der Waals surface area contributed by atoms with E-state index in [4.69, 9.17) is 0 Å². The molecule has 0 amide bonds. The van der Waals surface area contributed by atoms with E-state index in [1.54, 1.807) is 0 Å². The van der Waals surface area contributed by atoms with E-state index in [2.05, 4.69) is 4.74 Å². The maximum absolute atomic E-state index is 12.9. The number of nitro benzene ring substituents is 1. The van der Waals surface area contributed by atoms with Crippen molar-refractivity contribution in [2.45, 2.75) is 20.0 Å². The van der Waals surface area contributed by atoms with Gasteiger partial charge in [0.05, 0.1) is 17.1 Å². The van der Waals surface area contributed by atoms with Crippen LogP contribution in [-0.4, -0.2) is 17.0 Å². The molecule has 0 aromatic heterocycles. The highest BCUT2D eigenvalue weighted by Crippen LogP contribution is 2.23. The Hall–Kier alpha value is -2.05. The first-order valence-corrected chi connectivity index (χ1v) is 4.67. The minimum atomic E-state index is -1.39. The lowest BCUT2D eigenvalue weighted by molar-refractivity contribution is -0.385. The van der Waals surface area contributed by atoms with Crippen LogP contribution in [0.25, 0.3) is 0 Å². The van der Waals surface area contributed by atoms with Crippen LogP contribution in [0.5, 0.6) is 0 Å². The molecule has 0 aliphatic heterocycles. The van der Waals surface area contributed by atoms with Crippen molar-refractivity contribution in [1.82, 2.24) is 0 Å². The van der Waals surface area contributed by atoms with Gasteiger partial charge in [-0.3, -0.25) is 10.1 Å². The number of hydrogen-bond acceptors (Lipinski definition) is 4. The molecule has 1 rings (SSSR count). The van der Waals surface area contributed by atoms with Crippen LogP contribution in [0.15, 0.2) is 12.1 Å². The van der Waals surface area contributed by atoms with Crippen LogP contribution >= 0.6 is 0 Å². The Morgan fingerprint density at radius 3 is 2.35 bits per heavy atom. The van der Waals surface area contributed by atoms with Gasteiger partial charge in [-0.15, -0.1) is 0 Å². The molecule has 0 fully saturated rings. The summed E-state index contributed by atoms with van der Waals surface area (Å²) in [4.78, 5) is 21.0. The van der Waals surface area contributed by atoms with Crippen molar-refractivity contribution in [1.29, 1.82) is 0 Å². The van der Waals surface area contributed by atoms with Crippen molar-refractivity contribution in [3.8, 4) is 0 Å². The van der Waals surface area contributed by atoms with E-state index in [9.17, 15) is 23.7 Å². The molecule has 0 atom stereocenters. The Balaban J connectivity index is 3.26. The topological polar surface area (TPSA) is 69.4 Å². The van der Waals surface area contributed by atoms with E-state index in [0.717, 1.165) is 0 Å². The number of hydrogen-bond donors (Lipinski definition) is 0. The predicted molar refractivity (Wildman–Crippen MR) is 53.6 cm³/mol. The zero-order valence-corrected chi connectivity index (χ0v) is 9.07. The molecule has 0 aliphatic rings. The number of esters is 1. The van der Waals surface area contributed by atoms with Gasteiger partial charge in [-0.1, -0.05) is 0 Å². The minimum absolute atomic E-state index is 0.353. The molecule has 0 unspecified atom stereocenters. The van der Waals surface area contributed by atoms with Crippen molar-refractivity contribution >= 4 is 11.7 Å². The molecular formula is C10H9F2NO4. The lowest BCUT2D eigenvalue weighted by atomic mass is 10.1. The van der Waals surface area contributed by atoms with Gasteiger partial charge in [0.1, 0.15) is 5.56 Å². The summed E-state index contributed by atoms with van der Waals surface area (Å²) in [6.45, 7) is 3.06. The molecule has 0 saturated carbocycles. The summed E-state index contributed by atoms with van der Waals surface area (Å²) >= 11 is 0. The normalized spacial score (nSPS) is 10.4. The third kappa shape index (κ3) is 2.96. The average Bonchev–Trinajstić information content (AvgIpc) is 2.19. The summed E-state index contributed by atoms with van der Waals surface area (Å²) in [5, 5.41) is 10.6. The van der Waals surface area contributed by atoms with E-state index in [1.807, 2.05) is 0 Å². The van der Waals surface area contributed by atoms with Crippen LogP contribution < -0.4 is 0 Å². The molecule has 0 spiro atoms. The third-order valence-electron chi connectivity index (χ3n) is 1.80. The van der Waals surface area contributed by atoms with E-state index in [0.29, 0.717) is 12.1 Å². The number of ether oxygens (including phenoxy) is 1. The first-order valence-electron chi connectivity index (χ1n) is 4.67. The van der Waals surface area contributed by atoms with Gasteiger partial charge >= 0.3 is 5.97 Å². The Bertz CT molecular complexity index is 474. The van der Waals surface area contributed by atoms with Gasteiger partial charge in [0.15, 0.2) is 11.6 Å². The Morgan fingerprint density at radius 2 is 1.88 bits per heavy atom. The molecule has 1 aromatic rings. The maximum atomic E-state index is 12.9. The van der Waals surface area contributed by atoms with Crippen LogP contribution in [0.1, 0.15) is 24.2 Å². The number of carbonyl (C=O) groups excluding carboxylic acids is 1. The number of nitro groups is 1. The largest absolute Gasteiger partial charge is 0.459 e. The highest BCUT2D eigenvalue weighted by atomic mass is 19.2. The lowest BCUT2D eigenvalue weighted by Crippen LogP contribution is -2.14.